The second-order valence-corrected chi connectivity index (χ2v) is 17.0. The molecule has 57 heavy (non-hydrogen) atoms. The van der Waals surface area contributed by atoms with Gasteiger partial charge in [0.2, 0.25) is 23.6 Å². The number of amides is 4. The zero-order valence-corrected chi connectivity index (χ0v) is 35.0. The molecule has 2 saturated heterocycles. The minimum Gasteiger partial charge on any atom is -0.503 e. The summed E-state index contributed by atoms with van der Waals surface area (Å²) in [6, 6.07) is 19.6. The van der Waals surface area contributed by atoms with Crippen LogP contribution >= 0.6 is 43.5 Å². The summed E-state index contributed by atoms with van der Waals surface area (Å²) in [5.41, 5.74) is 2.58. The van der Waals surface area contributed by atoms with Crippen LogP contribution in [0.4, 0.5) is 32.8 Å². The number of hydrogen-bond acceptors (Lipinski definition) is 9. The number of benzene rings is 4. The molecule has 2 heterocycles. The van der Waals surface area contributed by atoms with Gasteiger partial charge in [0.1, 0.15) is 5.82 Å². The number of methoxy groups -OCH3 is 1. The van der Waals surface area contributed by atoms with Gasteiger partial charge in [-0.05, 0) is 136 Å². The van der Waals surface area contributed by atoms with Crippen molar-refractivity contribution >= 4 is 95.5 Å². The number of rotatable bonds is 7. The molecule has 4 aromatic carbocycles. The summed E-state index contributed by atoms with van der Waals surface area (Å²) in [5.74, 6) is -6.47. The van der Waals surface area contributed by atoms with Gasteiger partial charge in [-0.2, -0.15) is 10.2 Å². The van der Waals surface area contributed by atoms with E-state index in [-0.39, 0.29) is 45.4 Å². The first-order chi connectivity index (χ1) is 27.2. The number of carbonyl (C=O) groups is 4. The molecule has 2 aliphatic carbocycles. The molecule has 0 radical (unpaired) electrons. The van der Waals surface area contributed by atoms with Gasteiger partial charge >= 0.3 is 0 Å². The summed E-state index contributed by atoms with van der Waals surface area (Å²) < 4.78 is 20.5. The van der Waals surface area contributed by atoms with Crippen LogP contribution in [0.25, 0.3) is 0 Å². The molecule has 11 nitrogen and oxygen atoms in total. The third-order valence-corrected chi connectivity index (χ3v) is 14.3. The lowest BCUT2D eigenvalue weighted by molar-refractivity contribution is -0.131. The molecule has 0 spiro atoms. The van der Waals surface area contributed by atoms with Crippen LogP contribution in [0, 0.1) is 34.9 Å². The third kappa shape index (κ3) is 6.10. The van der Waals surface area contributed by atoms with E-state index in [0.29, 0.717) is 27.1 Å². The number of phenols is 1. The average molecular weight is 920 g/mol. The van der Waals surface area contributed by atoms with E-state index in [2.05, 4.69) is 42.1 Å². The number of carbonyl (C=O) groups excluding carboxylic acids is 4. The van der Waals surface area contributed by atoms with Crippen LogP contribution in [0.2, 0.25) is 5.02 Å². The van der Waals surface area contributed by atoms with Crippen molar-refractivity contribution in [1.82, 2.24) is 0 Å². The second-order valence-electron chi connectivity index (χ2n) is 15.0. The van der Waals surface area contributed by atoms with Crippen molar-refractivity contribution in [3.05, 3.63) is 110 Å². The van der Waals surface area contributed by atoms with E-state index in [1.807, 2.05) is 49.3 Å². The molecule has 2 aliphatic heterocycles. The molecule has 292 valence electrons. The van der Waals surface area contributed by atoms with Gasteiger partial charge in [0.05, 0.1) is 62.5 Å². The van der Waals surface area contributed by atoms with Gasteiger partial charge in [-0.3, -0.25) is 24.1 Å². The molecular weight excluding hydrogens is 885 g/mol. The molecule has 3 fully saturated rings. The first-order valence-electron chi connectivity index (χ1n) is 18.1. The van der Waals surface area contributed by atoms with Crippen LogP contribution in [-0.2, 0) is 19.2 Å². The van der Waals surface area contributed by atoms with Crippen LogP contribution in [0.5, 0.6) is 11.5 Å². The standard InChI is InChI=1S/C42H35Br2ClFN5O6/c1-42-29(39(54)51(41(42)56)24-13-16-31(46)30(45)17-24)18-27-25(34(42)28-19-32(57-4)37(52)36(44)35(28)43)14-15-26-33(27)40(55)50(38(26)53)23-11-7-21(8-12-23)48-47-20-5-9-22(10-6-20)49(2)3/h5-14,16-17,19,26-27,29,33-34,52H,15,18H2,1-4H3/t26-,27+,29-,33-,34+,42+/m0/s1. The molecule has 4 amide bonds. The lowest BCUT2D eigenvalue weighted by atomic mass is 9.51. The maximum absolute atomic E-state index is 14.8. The predicted octanol–water partition coefficient (Wildman–Crippen LogP) is 9.63. The van der Waals surface area contributed by atoms with Crippen molar-refractivity contribution in [3.8, 4) is 11.5 Å². The number of imide groups is 2. The van der Waals surface area contributed by atoms with Crippen LogP contribution in [0.1, 0.15) is 31.2 Å². The highest BCUT2D eigenvalue weighted by Gasteiger charge is 2.68. The van der Waals surface area contributed by atoms with Gasteiger partial charge < -0.3 is 14.7 Å². The van der Waals surface area contributed by atoms with Gasteiger partial charge in [0.25, 0.3) is 0 Å². The number of hydrogen-bond donors (Lipinski definition) is 1. The monoisotopic (exact) mass is 917 g/mol. The SMILES string of the molecule is COc1cc([C@H]2C3=CC[C@@H]4C(=O)N(c5ccc(N=Nc6ccc(N(C)C)cc6)cc5)C(=O)[C@@H]4[C@@H]3C[C@H]3C(=O)N(c4ccc(F)c(Cl)c4)C(=O)[C@@]23C)c(Br)c(Br)c1O. The van der Waals surface area contributed by atoms with Crippen molar-refractivity contribution < 1.29 is 33.4 Å². The van der Waals surface area contributed by atoms with Crippen molar-refractivity contribution in [2.75, 3.05) is 35.9 Å². The van der Waals surface area contributed by atoms with E-state index in [4.69, 9.17) is 16.3 Å². The van der Waals surface area contributed by atoms with Crippen LogP contribution in [0.15, 0.2) is 104 Å². The lowest BCUT2D eigenvalue weighted by Crippen LogP contribution is -2.49. The van der Waals surface area contributed by atoms with E-state index >= 15 is 0 Å². The molecule has 6 atom stereocenters. The first kappa shape index (κ1) is 38.9. The summed E-state index contributed by atoms with van der Waals surface area (Å²) in [7, 11) is 5.31. The Labute approximate surface area is 349 Å². The first-order valence-corrected chi connectivity index (χ1v) is 20.1. The number of anilines is 3. The van der Waals surface area contributed by atoms with Crippen molar-refractivity contribution in [3.63, 3.8) is 0 Å². The summed E-state index contributed by atoms with van der Waals surface area (Å²) in [5, 5.41) is 19.3. The minimum absolute atomic E-state index is 0.103. The van der Waals surface area contributed by atoms with Crippen LogP contribution in [-0.4, -0.2) is 49.9 Å². The molecule has 1 saturated carbocycles. The van der Waals surface area contributed by atoms with E-state index in [0.717, 1.165) is 22.2 Å². The second kappa shape index (κ2) is 14.5. The fraction of sp³-hybridized carbons (Fsp3) is 0.286. The highest BCUT2D eigenvalue weighted by Crippen LogP contribution is 2.65. The number of ether oxygens (including phenoxy) is 1. The van der Waals surface area contributed by atoms with Crippen LogP contribution in [0.3, 0.4) is 0 Å². The lowest BCUT2D eigenvalue weighted by Gasteiger charge is -2.49. The van der Waals surface area contributed by atoms with E-state index in [1.54, 1.807) is 37.3 Å². The average Bonchev–Trinajstić information content (AvgIpc) is 3.57. The Hall–Kier alpha value is -4.92. The molecule has 0 unspecified atom stereocenters. The van der Waals surface area contributed by atoms with E-state index in [1.165, 1.54) is 24.1 Å². The Morgan fingerprint density at radius 3 is 2.11 bits per heavy atom. The Balaban J connectivity index is 1.17. The highest BCUT2D eigenvalue weighted by atomic mass is 79.9. The molecule has 1 N–H and O–H groups in total. The van der Waals surface area contributed by atoms with Crippen molar-refractivity contribution in [2.24, 2.45) is 39.3 Å². The van der Waals surface area contributed by atoms with Crippen molar-refractivity contribution in [1.29, 1.82) is 0 Å². The zero-order chi connectivity index (χ0) is 40.7. The predicted molar refractivity (Wildman–Crippen MR) is 220 cm³/mol. The third-order valence-electron chi connectivity index (χ3n) is 11.9. The van der Waals surface area contributed by atoms with E-state index < -0.39 is 58.5 Å². The number of fused-ring (bicyclic) bond motifs is 4. The van der Waals surface area contributed by atoms with Crippen LogP contribution < -0.4 is 19.4 Å². The quantitative estimate of drug-likeness (QED) is 0.111. The number of allylic oxidation sites excluding steroid dienone is 2. The molecular formula is C42H35Br2ClFN5O6. The highest BCUT2D eigenvalue weighted by molar-refractivity contribution is 9.13. The Morgan fingerprint density at radius 2 is 1.49 bits per heavy atom. The maximum atomic E-state index is 14.8. The normalized spacial score (nSPS) is 25.5. The minimum atomic E-state index is -1.42. The molecule has 0 aromatic heterocycles. The van der Waals surface area contributed by atoms with E-state index in [9.17, 15) is 28.7 Å². The summed E-state index contributed by atoms with van der Waals surface area (Å²) >= 11 is 13.2. The fourth-order valence-electron chi connectivity index (χ4n) is 9.06. The molecule has 4 aliphatic rings. The fourth-order valence-corrected chi connectivity index (χ4v) is 10.2. The topological polar surface area (TPSA) is 132 Å². The summed E-state index contributed by atoms with van der Waals surface area (Å²) in [6.45, 7) is 1.72. The molecule has 4 aromatic rings. The van der Waals surface area contributed by atoms with Gasteiger partial charge in [-0.1, -0.05) is 23.3 Å². The molecule has 8 rings (SSSR count). The van der Waals surface area contributed by atoms with Gasteiger partial charge in [0, 0.05) is 30.2 Å². The number of aromatic hydroxyl groups is 1. The summed E-state index contributed by atoms with van der Waals surface area (Å²) in [6.07, 6.45) is 2.25. The Bertz CT molecular complexity index is 2440. The summed E-state index contributed by atoms with van der Waals surface area (Å²) in [4.78, 5) is 62.4. The molecule has 15 heteroatoms. The number of nitrogens with zero attached hydrogens (tertiary/aromatic N) is 5. The smallest absolute Gasteiger partial charge is 0.241 e. The number of halogens is 4. The number of phenolic OH excluding ortho intramolecular Hbond substituents is 1. The molecule has 0 bridgehead atoms. The zero-order valence-electron chi connectivity index (χ0n) is 31.0. The maximum Gasteiger partial charge on any atom is 0.241 e. The van der Waals surface area contributed by atoms with Crippen molar-refractivity contribution in [2.45, 2.75) is 25.7 Å². The van der Waals surface area contributed by atoms with Gasteiger partial charge in [-0.15, -0.1) is 0 Å². The Morgan fingerprint density at radius 1 is 0.860 bits per heavy atom. The van der Waals surface area contributed by atoms with Gasteiger partial charge in [-0.25, -0.2) is 9.29 Å². The largest absolute Gasteiger partial charge is 0.503 e. The van der Waals surface area contributed by atoms with Gasteiger partial charge in [0.15, 0.2) is 11.5 Å². The number of azo groups is 1. The Kier molecular flexibility index (Phi) is 9.89.